The van der Waals surface area contributed by atoms with Crippen LogP contribution in [0.1, 0.15) is 56.3 Å². The third kappa shape index (κ3) is 4.24. The molecule has 0 bridgehead atoms. The van der Waals surface area contributed by atoms with Crippen molar-refractivity contribution >= 4 is 27.5 Å². The molecule has 2 aromatic heterocycles. The highest BCUT2D eigenvalue weighted by atomic mass is 32.1. The number of aromatic nitrogens is 2. The SMILES string of the molecule is CCOC(=O)CCn1c(CN(CC)CC)nc2sc3c(c2c1=O)CCCC3. The van der Waals surface area contributed by atoms with Gasteiger partial charge in [-0.05, 0) is 51.3 Å². The van der Waals surface area contributed by atoms with Gasteiger partial charge in [-0.25, -0.2) is 4.98 Å². The Kier molecular flexibility index (Phi) is 6.65. The molecule has 0 fully saturated rings. The van der Waals surface area contributed by atoms with Crippen molar-refractivity contribution < 1.29 is 9.53 Å². The molecule has 1 aliphatic rings. The maximum absolute atomic E-state index is 13.4. The molecular formula is C20H29N3O3S. The van der Waals surface area contributed by atoms with Gasteiger partial charge in [-0.3, -0.25) is 19.1 Å². The van der Waals surface area contributed by atoms with Crippen molar-refractivity contribution in [3.63, 3.8) is 0 Å². The zero-order valence-corrected chi connectivity index (χ0v) is 17.4. The highest BCUT2D eigenvalue weighted by molar-refractivity contribution is 7.18. The quantitative estimate of drug-likeness (QED) is 0.647. The van der Waals surface area contributed by atoms with Crippen LogP contribution in [0.5, 0.6) is 0 Å². The lowest BCUT2D eigenvalue weighted by Gasteiger charge is -2.20. The minimum atomic E-state index is -0.273. The van der Waals surface area contributed by atoms with Gasteiger partial charge in [-0.2, -0.15) is 0 Å². The maximum atomic E-state index is 13.4. The number of carbonyl (C=O) groups is 1. The number of ether oxygens (including phenoxy) is 1. The van der Waals surface area contributed by atoms with E-state index in [9.17, 15) is 9.59 Å². The van der Waals surface area contributed by atoms with Crippen LogP contribution in [0, 0.1) is 0 Å². The molecule has 148 valence electrons. The second kappa shape index (κ2) is 8.97. The lowest BCUT2D eigenvalue weighted by Crippen LogP contribution is -2.32. The fourth-order valence-corrected chi connectivity index (χ4v) is 4.99. The predicted molar refractivity (Wildman–Crippen MR) is 108 cm³/mol. The van der Waals surface area contributed by atoms with Crippen molar-refractivity contribution in [3.05, 3.63) is 26.6 Å². The van der Waals surface area contributed by atoms with Gasteiger partial charge in [-0.1, -0.05) is 13.8 Å². The van der Waals surface area contributed by atoms with E-state index in [4.69, 9.17) is 9.72 Å². The summed E-state index contributed by atoms with van der Waals surface area (Å²) in [7, 11) is 0. The Hall–Kier alpha value is -1.73. The molecule has 0 aromatic carbocycles. The van der Waals surface area contributed by atoms with Crippen LogP contribution < -0.4 is 5.56 Å². The number of hydrogen-bond donors (Lipinski definition) is 0. The fourth-order valence-electron chi connectivity index (χ4n) is 3.72. The molecule has 0 N–H and O–H groups in total. The van der Waals surface area contributed by atoms with E-state index >= 15 is 0 Å². The second-order valence-corrected chi connectivity index (χ2v) is 7.98. The predicted octanol–water partition coefficient (Wildman–Crippen LogP) is 3.13. The highest BCUT2D eigenvalue weighted by Crippen LogP contribution is 2.33. The van der Waals surface area contributed by atoms with Crippen LogP contribution in [0.4, 0.5) is 0 Å². The summed E-state index contributed by atoms with van der Waals surface area (Å²) >= 11 is 1.68. The van der Waals surface area contributed by atoms with Gasteiger partial charge in [0.2, 0.25) is 0 Å². The Labute approximate surface area is 164 Å². The van der Waals surface area contributed by atoms with E-state index in [1.165, 1.54) is 16.9 Å². The number of esters is 1. The number of aryl methyl sites for hydroxylation is 2. The van der Waals surface area contributed by atoms with Crippen molar-refractivity contribution in [1.82, 2.24) is 14.5 Å². The first-order valence-electron chi connectivity index (χ1n) is 10.0. The standard InChI is InChI=1S/C20H29N3O3S/c1-4-22(5-2)13-16-21-19-18(14-9-7-8-10-15(14)27-19)20(25)23(16)12-11-17(24)26-6-3/h4-13H2,1-3H3. The number of rotatable bonds is 8. The molecule has 1 aliphatic carbocycles. The van der Waals surface area contributed by atoms with Gasteiger partial charge in [0.05, 0.1) is 25.0 Å². The minimum absolute atomic E-state index is 0.00542. The van der Waals surface area contributed by atoms with Crippen LogP contribution in [0.3, 0.4) is 0 Å². The van der Waals surface area contributed by atoms with E-state index in [2.05, 4.69) is 18.7 Å². The zero-order valence-electron chi connectivity index (χ0n) is 16.5. The van der Waals surface area contributed by atoms with E-state index < -0.39 is 0 Å². The summed E-state index contributed by atoms with van der Waals surface area (Å²) in [5.41, 5.74) is 1.20. The Bertz CT molecular complexity index is 867. The van der Waals surface area contributed by atoms with Gasteiger partial charge in [0, 0.05) is 11.4 Å². The molecule has 0 radical (unpaired) electrons. The molecule has 0 amide bonds. The van der Waals surface area contributed by atoms with Crippen molar-refractivity contribution in [2.24, 2.45) is 0 Å². The fraction of sp³-hybridized carbons (Fsp3) is 0.650. The normalized spacial score (nSPS) is 13.9. The third-order valence-electron chi connectivity index (χ3n) is 5.26. The van der Waals surface area contributed by atoms with Gasteiger partial charge >= 0.3 is 5.97 Å². The smallest absolute Gasteiger partial charge is 0.307 e. The number of fused-ring (bicyclic) bond motifs is 3. The van der Waals surface area contributed by atoms with Crippen LogP contribution >= 0.6 is 11.3 Å². The van der Waals surface area contributed by atoms with Crippen LogP contribution in [-0.2, 0) is 35.5 Å². The Morgan fingerprint density at radius 1 is 1.22 bits per heavy atom. The average Bonchev–Trinajstić information content (AvgIpc) is 3.04. The summed E-state index contributed by atoms with van der Waals surface area (Å²) in [5, 5.41) is 0.779. The molecule has 6 nitrogen and oxygen atoms in total. The summed E-state index contributed by atoms with van der Waals surface area (Å²) in [6, 6.07) is 0. The van der Waals surface area contributed by atoms with Gasteiger partial charge in [0.25, 0.3) is 5.56 Å². The monoisotopic (exact) mass is 391 g/mol. The molecule has 3 rings (SSSR count). The highest BCUT2D eigenvalue weighted by Gasteiger charge is 2.22. The van der Waals surface area contributed by atoms with E-state index in [1.807, 2.05) is 0 Å². The van der Waals surface area contributed by atoms with E-state index in [0.29, 0.717) is 19.7 Å². The third-order valence-corrected chi connectivity index (χ3v) is 6.44. The average molecular weight is 392 g/mol. The second-order valence-electron chi connectivity index (χ2n) is 6.89. The van der Waals surface area contributed by atoms with Crippen LogP contribution in [0.2, 0.25) is 0 Å². The number of nitrogens with zero attached hydrogens (tertiary/aromatic N) is 3. The number of carbonyl (C=O) groups excluding carboxylic acids is 1. The summed E-state index contributed by atoms with van der Waals surface area (Å²) in [6.07, 6.45) is 4.51. The lowest BCUT2D eigenvalue weighted by atomic mass is 9.97. The molecule has 0 aliphatic heterocycles. The van der Waals surface area contributed by atoms with Gasteiger partial charge in [0.15, 0.2) is 0 Å². The molecule has 2 aromatic rings. The molecule has 27 heavy (non-hydrogen) atoms. The largest absolute Gasteiger partial charge is 0.466 e. The van der Waals surface area contributed by atoms with E-state index in [-0.39, 0.29) is 17.9 Å². The van der Waals surface area contributed by atoms with Gasteiger partial charge < -0.3 is 4.74 Å². The van der Waals surface area contributed by atoms with Crippen molar-refractivity contribution in [2.45, 2.75) is 66.0 Å². The molecule has 2 heterocycles. The lowest BCUT2D eigenvalue weighted by molar-refractivity contribution is -0.143. The molecule has 0 atom stereocenters. The molecular weight excluding hydrogens is 362 g/mol. The summed E-state index contributed by atoms with van der Waals surface area (Å²) < 4.78 is 6.75. The zero-order chi connectivity index (χ0) is 19.4. The first-order valence-corrected chi connectivity index (χ1v) is 10.8. The minimum Gasteiger partial charge on any atom is -0.466 e. The van der Waals surface area contributed by atoms with Crippen LogP contribution in [0.15, 0.2) is 4.79 Å². The van der Waals surface area contributed by atoms with E-state index in [1.54, 1.807) is 22.8 Å². The first-order chi connectivity index (χ1) is 13.1. The molecule has 0 saturated carbocycles. The van der Waals surface area contributed by atoms with Crippen molar-refractivity contribution in [2.75, 3.05) is 19.7 Å². The van der Waals surface area contributed by atoms with E-state index in [0.717, 1.165) is 48.4 Å². The Morgan fingerprint density at radius 3 is 2.67 bits per heavy atom. The van der Waals surface area contributed by atoms with Crippen molar-refractivity contribution in [3.8, 4) is 0 Å². The van der Waals surface area contributed by atoms with Gasteiger partial charge in [-0.15, -0.1) is 11.3 Å². The number of thiophene rings is 1. The molecule has 0 spiro atoms. The van der Waals surface area contributed by atoms with Gasteiger partial charge in [0.1, 0.15) is 10.7 Å². The summed E-state index contributed by atoms with van der Waals surface area (Å²) in [6.45, 7) is 9.08. The maximum Gasteiger partial charge on any atom is 0.307 e. The molecule has 0 unspecified atom stereocenters. The Balaban J connectivity index is 2.05. The van der Waals surface area contributed by atoms with Crippen molar-refractivity contribution in [1.29, 1.82) is 0 Å². The first kappa shape index (κ1) is 20.0. The molecule has 0 saturated heterocycles. The number of hydrogen-bond acceptors (Lipinski definition) is 6. The molecule has 7 heteroatoms. The summed E-state index contributed by atoms with van der Waals surface area (Å²) in [4.78, 5) is 34.5. The summed E-state index contributed by atoms with van der Waals surface area (Å²) in [5.74, 6) is 0.477. The van der Waals surface area contributed by atoms with Crippen LogP contribution in [-0.4, -0.2) is 40.1 Å². The Morgan fingerprint density at radius 2 is 1.96 bits per heavy atom. The van der Waals surface area contributed by atoms with Crippen LogP contribution in [0.25, 0.3) is 10.2 Å². The topological polar surface area (TPSA) is 64.4 Å².